The van der Waals surface area contributed by atoms with E-state index in [2.05, 4.69) is 39.0 Å². The molecule has 2 heterocycles. The van der Waals surface area contributed by atoms with Crippen molar-refractivity contribution in [3.63, 3.8) is 0 Å². The van der Waals surface area contributed by atoms with Crippen LogP contribution in [0, 0.1) is 11.3 Å². The van der Waals surface area contributed by atoms with Gasteiger partial charge in [0.25, 0.3) is 0 Å². The van der Waals surface area contributed by atoms with Crippen LogP contribution in [-0.4, -0.2) is 87.1 Å². The quantitative estimate of drug-likeness (QED) is 0.626. The number of guanidine groups is 1. The first-order valence-electron chi connectivity index (χ1n) is 9.47. The van der Waals surface area contributed by atoms with Gasteiger partial charge in [0, 0.05) is 59.4 Å². The first-order valence-corrected chi connectivity index (χ1v) is 9.47. The molecule has 1 N–H and O–H groups in total. The van der Waals surface area contributed by atoms with Gasteiger partial charge in [0.05, 0.1) is 0 Å². The van der Waals surface area contributed by atoms with Crippen molar-refractivity contribution in [3.8, 4) is 0 Å². The van der Waals surface area contributed by atoms with Gasteiger partial charge in [-0.25, -0.2) is 0 Å². The van der Waals surface area contributed by atoms with Gasteiger partial charge in [0.15, 0.2) is 5.96 Å². The minimum atomic E-state index is 0.642. The van der Waals surface area contributed by atoms with Gasteiger partial charge in [0.1, 0.15) is 0 Å². The van der Waals surface area contributed by atoms with Gasteiger partial charge in [0.2, 0.25) is 0 Å². The Hall–Kier alpha value is -0.810. The summed E-state index contributed by atoms with van der Waals surface area (Å²) in [6, 6.07) is 0. The lowest BCUT2D eigenvalue weighted by Gasteiger charge is -2.38. The zero-order valence-corrected chi connectivity index (χ0v) is 15.4. The molecule has 1 spiro atoms. The maximum Gasteiger partial charge on any atom is 0.193 e. The van der Waals surface area contributed by atoms with Crippen molar-refractivity contribution in [1.82, 2.24) is 20.0 Å². The molecule has 1 aliphatic carbocycles. The second kappa shape index (κ2) is 7.39. The van der Waals surface area contributed by atoms with Crippen molar-refractivity contribution in [1.29, 1.82) is 0 Å². The van der Waals surface area contributed by atoms with Gasteiger partial charge in [-0.15, -0.1) is 0 Å². The van der Waals surface area contributed by atoms with Crippen LogP contribution in [0.3, 0.4) is 0 Å². The van der Waals surface area contributed by atoms with Crippen molar-refractivity contribution < 1.29 is 0 Å². The summed E-state index contributed by atoms with van der Waals surface area (Å²) in [5.41, 5.74) is 0.642. The van der Waals surface area contributed by atoms with E-state index < -0.39 is 0 Å². The van der Waals surface area contributed by atoms with Gasteiger partial charge in [-0.1, -0.05) is 13.3 Å². The lowest BCUT2D eigenvalue weighted by Crippen LogP contribution is -2.48. The lowest BCUT2D eigenvalue weighted by atomic mass is 9.68. The molecule has 2 aliphatic heterocycles. The molecule has 0 aromatic carbocycles. The Balaban J connectivity index is 1.39. The van der Waals surface area contributed by atoms with Gasteiger partial charge < -0.3 is 20.0 Å². The molecular weight excluding hydrogens is 286 g/mol. The summed E-state index contributed by atoms with van der Waals surface area (Å²) in [7, 11) is 4.15. The summed E-state index contributed by atoms with van der Waals surface area (Å²) in [5, 5.41) is 3.63. The molecule has 0 radical (unpaired) electrons. The summed E-state index contributed by atoms with van der Waals surface area (Å²) in [5.74, 6) is 1.79. The normalized spacial score (nSPS) is 27.3. The average molecular weight is 322 g/mol. The van der Waals surface area contributed by atoms with Crippen molar-refractivity contribution in [2.75, 3.05) is 66.5 Å². The van der Waals surface area contributed by atoms with Crippen molar-refractivity contribution in [2.24, 2.45) is 16.3 Å². The van der Waals surface area contributed by atoms with Crippen LogP contribution < -0.4 is 5.32 Å². The molecule has 1 unspecified atom stereocenters. The highest BCUT2D eigenvalue weighted by atomic mass is 15.3. The van der Waals surface area contributed by atoms with Crippen LogP contribution in [0.1, 0.15) is 32.6 Å². The van der Waals surface area contributed by atoms with E-state index in [1.165, 1.54) is 71.5 Å². The summed E-state index contributed by atoms with van der Waals surface area (Å²) in [6.45, 7) is 11.8. The molecule has 0 aromatic rings. The van der Waals surface area contributed by atoms with Gasteiger partial charge in [-0.2, -0.15) is 0 Å². The van der Waals surface area contributed by atoms with E-state index in [-0.39, 0.29) is 0 Å². The maximum atomic E-state index is 4.53. The zero-order valence-electron chi connectivity index (χ0n) is 15.4. The first-order chi connectivity index (χ1) is 11.1. The summed E-state index contributed by atoms with van der Waals surface area (Å²) in [4.78, 5) is 12.0. The number of hydrogen-bond donors (Lipinski definition) is 1. The molecule has 1 atom stereocenters. The molecule has 0 bridgehead atoms. The highest BCUT2D eigenvalue weighted by Crippen LogP contribution is 2.47. The number of aliphatic imine (C=N–C) groups is 1. The van der Waals surface area contributed by atoms with Crippen LogP contribution in [0.15, 0.2) is 4.99 Å². The largest absolute Gasteiger partial charge is 0.356 e. The molecule has 3 rings (SSSR count). The SMILES string of the molecule is CN=C(NCC(C)CN1CCN(C)CC1)N1CCC2(CCC2)C1. The Morgan fingerprint density at radius 2 is 1.87 bits per heavy atom. The summed E-state index contributed by atoms with van der Waals surface area (Å²) >= 11 is 0. The Kier molecular flexibility index (Phi) is 5.47. The Morgan fingerprint density at radius 1 is 1.13 bits per heavy atom. The smallest absolute Gasteiger partial charge is 0.193 e. The molecule has 23 heavy (non-hydrogen) atoms. The molecular formula is C18H35N5. The second-order valence-corrected chi connectivity index (χ2v) is 8.16. The Labute approximate surface area is 142 Å². The average Bonchev–Trinajstić information content (AvgIpc) is 2.96. The van der Waals surface area contributed by atoms with Crippen molar-refractivity contribution in [3.05, 3.63) is 0 Å². The van der Waals surface area contributed by atoms with Crippen LogP contribution in [0.4, 0.5) is 0 Å². The van der Waals surface area contributed by atoms with Crippen LogP contribution >= 0.6 is 0 Å². The number of likely N-dealkylation sites (tertiary alicyclic amines) is 1. The third-order valence-corrected chi connectivity index (χ3v) is 6.14. The monoisotopic (exact) mass is 321 g/mol. The van der Waals surface area contributed by atoms with E-state index in [1.54, 1.807) is 0 Å². The number of nitrogens with zero attached hydrogens (tertiary/aromatic N) is 4. The van der Waals surface area contributed by atoms with E-state index in [0.29, 0.717) is 11.3 Å². The fourth-order valence-corrected chi connectivity index (χ4v) is 4.33. The standard InChI is InChI=1S/C18H35N5/c1-16(14-22-11-9-21(3)10-12-22)13-20-17(19-2)23-8-7-18(15-23)5-4-6-18/h16H,4-15H2,1-3H3,(H,19,20). The molecule has 2 saturated heterocycles. The maximum absolute atomic E-state index is 4.53. The van der Waals surface area contributed by atoms with Crippen LogP contribution in [0.5, 0.6) is 0 Å². The predicted molar refractivity (Wildman–Crippen MR) is 96.9 cm³/mol. The van der Waals surface area contributed by atoms with Gasteiger partial charge in [-0.3, -0.25) is 4.99 Å². The number of piperazine rings is 1. The van der Waals surface area contributed by atoms with Crippen LogP contribution in [0.2, 0.25) is 0 Å². The highest BCUT2D eigenvalue weighted by molar-refractivity contribution is 5.80. The second-order valence-electron chi connectivity index (χ2n) is 8.16. The lowest BCUT2D eigenvalue weighted by molar-refractivity contribution is 0.138. The molecule has 5 nitrogen and oxygen atoms in total. The van der Waals surface area contributed by atoms with E-state index in [4.69, 9.17) is 0 Å². The van der Waals surface area contributed by atoms with Crippen molar-refractivity contribution in [2.45, 2.75) is 32.6 Å². The molecule has 0 aromatic heterocycles. The number of likely N-dealkylation sites (N-methyl/N-ethyl adjacent to an activating group) is 1. The highest BCUT2D eigenvalue weighted by Gasteiger charge is 2.43. The van der Waals surface area contributed by atoms with Gasteiger partial charge >= 0.3 is 0 Å². The third kappa shape index (κ3) is 4.18. The van der Waals surface area contributed by atoms with E-state index in [0.717, 1.165) is 12.5 Å². The van der Waals surface area contributed by atoms with Gasteiger partial charge in [-0.05, 0) is 37.6 Å². The summed E-state index contributed by atoms with van der Waals surface area (Å²) < 4.78 is 0. The molecule has 3 fully saturated rings. The van der Waals surface area contributed by atoms with Crippen LogP contribution in [0.25, 0.3) is 0 Å². The molecule has 0 amide bonds. The molecule has 132 valence electrons. The fourth-order valence-electron chi connectivity index (χ4n) is 4.33. The topological polar surface area (TPSA) is 34.1 Å². The van der Waals surface area contributed by atoms with Crippen molar-refractivity contribution >= 4 is 5.96 Å². The third-order valence-electron chi connectivity index (χ3n) is 6.14. The number of nitrogens with one attached hydrogen (secondary N) is 1. The van der Waals surface area contributed by atoms with E-state index in [1.807, 2.05) is 7.05 Å². The predicted octanol–water partition coefficient (Wildman–Crippen LogP) is 1.32. The fraction of sp³-hybridized carbons (Fsp3) is 0.944. The van der Waals surface area contributed by atoms with E-state index in [9.17, 15) is 0 Å². The minimum absolute atomic E-state index is 0.642. The molecule has 5 heteroatoms. The molecule has 1 saturated carbocycles. The molecule has 3 aliphatic rings. The number of hydrogen-bond acceptors (Lipinski definition) is 3. The Morgan fingerprint density at radius 3 is 2.43 bits per heavy atom. The Bertz CT molecular complexity index is 410. The first kappa shape index (κ1) is 17.0. The summed E-state index contributed by atoms with van der Waals surface area (Å²) in [6.07, 6.45) is 5.66. The minimum Gasteiger partial charge on any atom is -0.356 e. The van der Waals surface area contributed by atoms with E-state index >= 15 is 0 Å². The van der Waals surface area contributed by atoms with Crippen LogP contribution in [-0.2, 0) is 0 Å². The zero-order chi connectivity index (χ0) is 16.3. The number of rotatable bonds is 4.